The maximum atomic E-state index is 13.4. The van der Waals surface area contributed by atoms with Crippen molar-refractivity contribution in [2.45, 2.75) is 25.8 Å². The van der Waals surface area contributed by atoms with E-state index >= 15 is 0 Å². The van der Waals surface area contributed by atoms with Crippen LogP contribution in [0.2, 0.25) is 0 Å². The molecule has 2 aromatic rings. The average Bonchev–Trinajstić information content (AvgIpc) is 2.66. The van der Waals surface area contributed by atoms with Crippen LogP contribution in [0, 0.1) is 11.6 Å². The average molecular weight is 363 g/mol. The number of carbonyl (C=O) groups excluding carboxylic acids is 1. The van der Waals surface area contributed by atoms with E-state index in [1.54, 1.807) is 34.3 Å². The number of carbonyl (C=O) groups is 1. The molecular formula is C20H23F2NO3. The van der Waals surface area contributed by atoms with Gasteiger partial charge in [0.15, 0.2) is 11.6 Å². The monoisotopic (exact) mass is 363 g/mol. The lowest BCUT2D eigenvalue weighted by Gasteiger charge is -2.25. The predicted octanol–water partition coefficient (Wildman–Crippen LogP) is 4.13. The van der Waals surface area contributed by atoms with Crippen molar-refractivity contribution >= 4 is 5.91 Å². The zero-order valence-corrected chi connectivity index (χ0v) is 15.4. The molecule has 2 rings (SSSR count). The fourth-order valence-electron chi connectivity index (χ4n) is 2.65. The number of ether oxygens (including phenoxy) is 2. The molecule has 0 bridgehead atoms. The summed E-state index contributed by atoms with van der Waals surface area (Å²) in [6.45, 7) is 1.78. The Balaban J connectivity index is 2.03. The summed E-state index contributed by atoms with van der Waals surface area (Å²) < 4.78 is 36.9. The Morgan fingerprint density at radius 1 is 1.04 bits per heavy atom. The number of rotatable bonds is 7. The molecule has 6 heteroatoms. The normalized spacial score (nSPS) is 11.8. The molecule has 0 heterocycles. The second kappa shape index (κ2) is 8.65. The van der Waals surface area contributed by atoms with Gasteiger partial charge in [-0.25, -0.2) is 8.78 Å². The lowest BCUT2D eigenvalue weighted by Crippen LogP contribution is -2.29. The molecule has 140 valence electrons. The van der Waals surface area contributed by atoms with Gasteiger partial charge in [-0.1, -0.05) is 6.07 Å². The lowest BCUT2D eigenvalue weighted by molar-refractivity contribution is -0.131. The second-order valence-electron chi connectivity index (χ2n) is 6.08. The summed E-state index contributed by atoms with van der Waals surface area (Å²) in [5, 5.41) is 0. The Hall–Kier alpha value is -2.63. The van der Waals surface area contributed by atoms with Gasteiger partial charge in [0.2, 0.25) is 5.91 Å². The number of hydrogen-bond donors (Lipinski definition) is 0. The first kappa shape index (κ1) is 19.7. The van der Waals surface area contributed by atoms with Gasteiger partial charge in [-0.2, -0.15) is 0 Å². The molecule has 0 N–H and O–H groups in total. The summed E-state index contributed by atoms with van der Waals surface area (Å²) in [7, 11) is 4.79. The summed E-state index contributed by atoms with van der Waals surface area (Å²) in [4.78, 5) is 14.0. The highest BCUT2D eigenvalue weighted by atomic mass is 19.2. The highest BCUT2D eigenvalue weighted by Crippen LogP contribution is 2.25. The molecule has 1 amide bonds. The van der Waals surface area contributed by atoms with Crippen LogP contribution in [-0.4, -0.2) is 32.1 Å². The fourth-order valence-corrected chi connectivity index (χ4v) is 2.65. The molecule has 0 fully saturated rings. The summed E-state index contributed by atoms with van der Waals surface area (Å²) in [6, 6.07) is 8.79. The molecule has 26 heavy (non-hydrogen) atoms. The lowest BCUT2D eigenvalue weighted by atomic mass is 10.0. The van der Waals surface area contributed by atoms with E-state index in [1.807, 2.05) is 12.1 Å². The Morgan fingerprint density at radius 3 is 2.19 bits per heavy atom. The van der Waals surface area contributed by atoms with E-state index in [0.717, 1.165) is 17.7 Å². The molecule has 0 spiro atoms. The van der Waals surface area contributed by atoms with Crippen LogP contribution in [0.4, 0.5) is 8.78 Å². The standard InChI is InChI=1S/C20H23F2NO3/c1-13(15-6-7-18(21)19(22)11-15)23(2)20(24)8-5-14-9-16(25-3)12-17(10-14)26-4/h6-7,9-13H,5,8H2,1-4H3. The van der Waals surface area contributed by atoms with E-state index in [9.17, 15) is 13.6 Å². The summed E-state index contributed by atoms with van der Waals surface area (Å²) in [5.41, 5.74) is 1.46. The maximum absolute atomic E-state index is 13.4. The van der Waals surface area contributed by atoms with E-state index in [2.05, 4.69) is 0 Å². The minimum atomic E-state index is -0.918. The second-order valence-corrected chi connectivity index (χ2v) is 6.08. The molecule has 1 unspecified atom stereocenters. The van der Waals surface area contributed by atoms with Crippen molar-refractivity contribution in [3.8, 4) is 11.5 Å². The predicted molar refractivity (Wildman–Crippen MR) is 95.4 cm³/mol. The van der Waals surface area contributed by atoms with Crippen LogP contribution < -0.4 is 9.47 Å². The van der Waals surface area contributed by atoms with E-state index in [1.165, 1.54) is 11.0 Å². The van der Waals surface area contributed by atoms with E-state index in [4.69, 9.17) is 9.47 Å². The highest BCUT2D eigenvalue weighted by molar-refractivity contribution is 5.76. The molecule has 2 aromatic carbocycles. The van der Waals surface area contributed by atoms with Crippen molar-refractivity contribution in [2.24, 2.45) is 0 Å². The van der Waals surface area contributed by atoms with E-state index < -0.39 is 11.6 Å². The molecule has 0 aromatic heterocycles. The number of benzene rings is 2. The Morgan fingerprint density at radius 2 is 1.65 bits per heavy atom. The molecule has 0 saturated heterocycles. The van der Waals surface area contributed by atoms with Gasteiger partial charge in [0.1, 0.15) is 11.5 Å². The first-order chi connectivity index (χ1) is 12.3. The highest BCUT2D eigenvalue weighted by Gasteiger charge is 2.18. The minimum absolute atomic E-state index is 0.0935. The summed E-state index contributed by atoms with van der Waals surface area (Å²) in [6.07, 6.45) is 0.794. The SMILES string of the molecule is COc1cc(CCC(=O)N(C)C(C)c2ccc(F)c(F)c2)cc(OC)c1. The Kier molecular flexibility index (Phi) is 6.55. The maximum Gasteiger partial charge on any atom is 0.223 e. The van der Waals surface area contributed by atoms with Gasteiger partial charge in [-0.05, 0) is 48.7 Å². The zero-order chi connectivity index (χ0) is 19.3. The van der Waals surface area contributed by atoms with Gasteiger partial charge in [0, 0.05) is 19.5 Å². The number of hydrogen-bond acceptors (Lipinski definition) is 3. The molecule has 4 nitrogen and oxygen atoms in total. The van der Waals surface area contributed by atoms with Crippen molar-refractivity contribution in [2.75, 3.05) is 21.3 Å². The third-order valence-corrected chi connectivity index (χ3v) is 4.44. The number of amides is 1. The fraction of sp³-hybridized carbons (Fsp3) is 0.350. The minimum Gasteiger partial charge on any atom is -0.497 e. The molecule has 0 saturated carbocycles. The van der Waals surface area contributed by atoms with Crippen LogP contribution in [0.25, 0.3) is 0 Å². The van der Waals surface area contributed by atoms with Gasteiger partial charge in [0.05, 0.1) is 20.3 Å². The van der Waals surface area contributed by atoms with Crippen LogP contribution >= 0.6 is 0 Å². The van der Waals surface area contributed by atoms with Crippen LogP contribution in [-0.2, 0) is 11.2 Å². The number of aryl methyl sites for hydroxylation is 1. The molecule has 0 aliphatic carbocycles. The van der Waals surface area contributed by atoms with Gasteiger partial charge < -0.3 is 14.4 Å². The molecule has 1 atom stereocenters. The first-order valence-electron chi connectivity index (χ1n) is 8.28. The van der Waals surface area contributed by atoms with Crippen molar-refractivity contribution in [3.05, 3.63) is 59.2 Å². The smallest absolute Gasteiger partial charge is 0.223 e. The van der Waals surface area contributed by atoms with Gasteiger partial charge >= 0.3 is 0 Å². The van der Waals surface area contributed by atoms with Crippen molar-refractivity contribution in [1.29, 1.82) is 0 Å². The zero-order valence-electron chi connectivity index (χ0n) is 15.4. The van der Waals surface area contributed by atoms with Crippen LogP contribution in [0.5, 0.6) is 11.5 Å². The largest absolute Gasteiger partial charge is 0.497 e. The first-order valence-corrected chi connectivity index (χ1v) is 8.28. The van der Waals surface area contributed by atoms with Crippen LogP contribution in [0.15, 0.2) is 36.4 Å². The van der Waals surface area contributed by atoms with E-state index in [-0.39, 0.29) is 18.4 Å². The topological polar surface area (TPSA) is 38.8 Å². The molecule has 0 aliphatic rings. The van der Waals surface area contributed by atoms with Crippen LogP contribution in [0.3, 0.4) is 0 Å². The summed E-state index contributed by atoms with van der Waals surface area (Å²) >= 11 is 0. The molecule has 0 radical (unpaired) electrons. The quantitative estimate of drug-likeness (QED) is 0.742. The number of nitrogens with zero attached hydrogens (tertiary/aromatic N) is 1. The van der Waals surface area contributed by atoms with Gasteiger partial charge in [0.25, 0.3) is 0 Å². The third kappa shape index (κ3) is 4.71. The molecular weight excluding hydrogens is 340 g/mol. The van der Waals surface area contributed by atoms with Gasteiger partial charge in [-0.3, -0.25) is 4.79 Å². The number of halogens is 2. The van der Waals surface area contributed by atoms with Gasteiger partial charge in [-0.15, -0.1) is 0 Å². The van der Waals surface area contributed by atoms with Crippen molar-refractivity contribution in [1.82, 2.24) is 4.90 Å². The third-order valence-electron chi connectivity index (χ3n) is 4.44. The van der Waals surface area contributed by atoms with Crippen molar-refractivity contribution in [3.63, 3.8) is 0 Å². The Bertz CT molecular complexity index is 757. The summed E-state index contributed by atoms with van der Waals surface area (Å²) in [5.74, 6) is -0.588. The van der Waals surface area contributed by atoms with Crippen LogP contribution in [0.1, 0.15) is 30.5 Å². The van der Waals surface area contributed by atoms with Crippen molar-refractivity contribution < 1.29 is 23.0 Å². The van der Waals surface area contributed by atoms with E-state index in [0.29, 0.717) is 23.5 Å². The number of methoxy groups -OCH3 is 2. The Labute approximate surface area is 152 Å². The molecule has 0 aliphatic heterocycles.